The van der Waals surface area contributed by atoms with Gasteiger partial charge in [-0.3, -0.25) is 9.78 Å². The van der Waals surface area contributed by atoms with E-state index in [-0.39, 0.29) is 17.5 Å². The molecule has 4 rings (SSSR count). The highest BCUT2D eigenvalue weighted by Crippen LogP contribution is 2.26. The molecule has 8 heteroatoms. The van der Waals surface area contributed by atoms with Gasteiger partial charge in [0.2, 0.25) is 0 Å². The van der Waals surface area contributed by atoms with Crippen LogP contribution in [0.1, 0.15) is 20.3 Å². The molecule has 1 atom stereocenters. The molecular formula is C21H21FIN3O3. The molecule has 1 aliphatic rings. The van der Waals surface area contributed by atoms with Gasteiger partial charge in [0.05, 0.1) is 42.2 Å². The summed E-state index contributed by atoms with van der Waals surface area (Å²) in [5, 5.41) is 4.18. The van der Waals surface area contributed by atoms with Gasteiger partial charge in [0, 0.05) is 21.4 Å². The van der Waals surface area contributed by atoms with Gasteiger partial charge in [-0.2, -0.15) is 0 Å². The van der Waals surface area contributed by atoms with E-state index in [1.54, 1.807) is 35.3 Å². The topological polar surface area (TPSA) is 65.4 Å². The fraction of sp³-hybridized carbons (Fsp3) is 0.333. The van der Waals surface area contributed by atoms with Crippen molar-refractivity contribution in [2.24, 2.45) is 0 Å². The van der Waals surface area contributed by atoms with Gasteiger partial charge < -0.3 is 19.4 Å². The highest BCUT2D eigenvalue weighted by Gasteiger charge is 2.29. The lowest BCUT2D eigenvalue weighted by atomic mass is 10.1. The smallest absolute Gasteiger partial charge is 0.260 e. The standard InChI is InChI=1S/C21H21FIN3O3/c1-21(2)28-8-6-15(29-21)12-26-7-5-13-10-24-11-18(19(13)20(26)27)25-17-4-3-14(23)9-16(17)22/h3-5,7,9-11,15,25H,6,8,12H2,1-2H3/t15-/m0/s1. The van der Waals surface area contributed by atoms with Crippen LogP contribution in [0.15, 0.2) is 47.7 Å². The van der Waals surface area contributed by atoms with Crippen molar-refractivity contribution in [3.63, 3.8) is 0 Å². The van der Waals surface area contributed by atoms with Crippen molar-refractivity contribution in [1.29, 1.82) is 0 Å². The van der Waals surface area contributed by atoms with Crippen LogP contribution in [0.3, 0.4) is 0 Å². The van der Waals surface area contributed by atoms with Crippen LogP contribution in [-0.4, -0.2) is 28.0 Å². The summed E-state index contributed by atoms with van der Waals surface area (Å²) >= 11 is 2.05. The predicted molar refractivity (Wildman–Crippen MR) is 118 cm³/mol. The Kier molecular flexibility index (Phi) is 5.58. The van der Waals surface area contributed by atoms with Gasteiger partial charge in [0.1, 0.15) is 5.82 Å². The van der Waals surface area contributed by atoms with Gasteiger partial charge in [0.15, 0.2) is 5.79 Å². The third kappa shape index (κ3) is 4.44. The Morgan fingerprint density at radius 1 is 1.31 bits per heavy atom. The molecule has 29 heavy (non-hydrogen) atoms. The minimum atomic E-state index is -0.664. The van der Waals surface area contributed by atoms with E-state index in [0.29, 0.717) is 41.7 Å². The molecule has 1 N–H and O–H groups in total. The first-order chi connectivity index (χ1) is 13.8. The van der Waals surface area contributed by atoms with Crippen LogP contribution >= 0.6 is 22.6 Å². The third-order valence-electron chi connectivity index (χ3n) is 4.82. The van der Waals surface area contributed by atoms with E-state index < -0.39 is 5.79 Å². The van der Waals surface area contributed by atoms with E-state index in [2.05, 4.69) is 32.9 Å². The zero-order valence-electron chi connectivity index (χ0n) is 16.1. The summed E-state index contributed by atoms with van der Waals surface area (Å²) in [6, 6.07) is 6.72. The quantitative estimate of drug-likeness (QED) is 0.528. The summed E-state index contributed by atoms with van der Waals surface area (Å²) in [6.07, 6.45) is 5.50. The summed E-state index contributed by atoms with van der Waals surface area (Å²) in [5.74, 6) is -1.05. The van der Waals surface area contributed by atoms with Crippen LogP contribution in [0, 0.1) is 9.39 Å². The number of ether oxygens (including phenoxy) is 2. The maximum Gasteiger partial charge on any atom is 0.260 e. The fourth-order valence-corrected chi connectivity index (χ4v) is 3.93. The van der Waals surface area contributed by atoms with Crippen molar-refractivity contribution >= 4 is 44.7 Å². The second-order valence-corrected chi connectivity index (χ2v) is 8.70. The Hall–Kier alpha value is -2.04. The Balaban J connectivity index is 1.69. The molecule has 1 aliphatic heterocycles. The Labute approximate surface area is 181 Å². The molecule has 0 bridgehead atoms. The molecule has 0 saturated carbocycles. The Morgan fingerprint density at radius 2 is 2.14 bits per heavy atom. The van der Waals surface area contributed by atoms with Crippen LogP contribution in [0.4, 0.5) is 15.8 Å². The number of hydrogen-bond acceptors (Lipinski definition) is 5. The number of nitrogens with one attached hydrogen (secondary N) is 1. The highest BCUT2D eigenvalue weighted by atomic mass is 127. The van der Waals surface area contributed by atoms with E-state index >= 15 is 0 Å². The summed E-state index contributed by atoms with van der Waals surface area (Å²) in [4.78, 5) is 17.4. The number of rotatable bonds is 4. The molecule has 0 aliphatic carbocycles. The van der Waals surface area contributed by atoms with Crippen molar-refractivity contribution in [2.45, 2.75) is 38.7 Å². The van der Waals surface area contributed by atoms with Gasteiger partial charge in [-0.25, -0.2) is 4.39 Å². The SMILES string of the molecule is CC1(C)OCC[C@@H](Cn2ccc3cncc(Nc4ccc(I)cc4F)c3c2=O)O1. The highest BCUT2D eigenvalue weighted by molar-refractivity contribution is 14.1. The van der Waals surface area contributed by atoms with Gasteiger partial charge in [-0.05, 0) is 67.1 Å². The average molecular weight is 509 g/mol. The minimum absolute atomic E-state index is 0.124. The van der Waals surface area contributed by atoms with Crippen LogP contribution in [0.2, 0.25) is 0 Å². The van der Waals surface area contributed by atoms with Crippen molar-refractivity contribution < 1.29 is 13.9 Å². The van der Waals surface area contributed by atoms with E-state index in [9.17, 15) is 9.18 Å². The zero-order chi connectivity index (χ0) is 20.6. The largest absolute Gasteiger partial charge is 0.351 e. The van der Waals surface area contributed by atoms with Crippen LogP contribution in [-0.2, 0) is 16.0 Å². The number of benzene rings is 1. The normalized spacial score (nSPS) is 18.7. The molecule has 0 spiro atoms. The first-order valence-electron chi connectivity index (χ1n) is 9.33. The summed E-state index contributed by atoms with van der Waals surface area (Å²) in [6.45, 7) is 4.74. The van der Waals surface area contributed by atoms with Crippen LogP contribution in [0.5, 0.6) is 0 Å². The lowest BCUT2D eigenvalue weighted by Gasteiger charge is -2.36. The number of halogens is 2. The Bertz CT molecular complexity index is 1120. The molecule has 1 fully saturated rings. The molecule has 3 heterocycles. The molecule has 0 amide bonds. The first kappa shape index (κ1) is 20.2. The maximum absolute atomic E-state index is 14.3. The maximum atomic E-state index is 14.3. The van der Waals surface area contributed by atoms with E-state index in [1.807, 2.05) is 19.9 Å². The minimum Gasteiger partial charge on any atom is -0.351 e. The first-order valence-corrected chi connectivity index (χ1v) is 10.4. The number of aromatic nitrogens is 2. The van der Waals surface area contributed by atoms with Gasteiger partial charge >= 0.3 is 0 Å². The number of pyridine rings is 2. The molecule has 0 radical (unpaired) electrons. The molecule has 2 aromatic heterocycles. The predicted octanol–water partition coefficient (Wildman–Crippen LogP) is 4.43. The lowest BCUT2D eigenvalue weighted by molar-refractivity contribution is -0.275. The van der Waals surface area contributed by atoms with Crippen molar-refractivity contribution in [3.8, 4) is 0 Å². The van der Waals surface area contributed by atoms with Crippen molar-refractivity contribution in [2.75, 3.05) is 11.9 Å². The summed E-state index contributed by atoms with van der Waals surface area (Å²) in [7, 11) is 0. The van der Waals surface area contributed by atoms with E-state index in [0.717, 1.165) is 3.57 Å². The second kappa shape index (κ2) is 8.00. The van der Waals surface area contributed by atoms with Gasteiger partial charge in [0.25, 0.3) is 5.56 Å². The summed E-state index contributed by atoms with van der Waals surface area (Å²) in [5.41, 5.74) is 0.588. The van der Waals surface area contributed by atoms with Crippen molar-refractivity contribution in [1.82, 2.24) is 9.55 Å². The van der Waals surface area contributed by atoms with Crippen LogP contribution in [0.25, 0.3) is 10.8 Å². The van der Waals surface area contributed by atoms with Gasteiger partial charge in [-0.15, -0.1) is 0 Å². The van der Waals surface area contributed by atoms with Gasteiger partial charge in [-0.1, -0.05) is 0 Å². The molecule has 152 valence electrons. The summed E-state index contributed by atoms with van der Waals surface area (Å²) < 4.78 is 28.2. The van der Waals surface area contributed by atoms with Crippen LogP contribution < -0.4 is 10.9 Å². The van der Waals surface area contributed by atoms with E-state index in [1.165, 1.54) is 6.07 Å². The number of fused-ring (bicyclic) bond motifs is 1. The molecule has 1 aromatic carbocycles. The number of anilines is 2. The molecule has 3 aromatic rings. The fourth-order valence-electron chi connectivity index (χ4n) is 3.48. The average Bonchev–Trinajstić information content (AvgIpc) is 2.65. The molecule has 1 saturated heterocycles. The number of hydrogen-bond donors (Lipinski definition) is 1. The number of nitrogens with zero attached hydrogens (tertiary/aromatic N) is 2. The Morgan fingerprint density at radius 3 is 2.90 bits per heavy atom. The monoisotopic (exact) mass is 509 g/mol. The van der Waals surface area contributed by atoms with Crippen molar-refractivity contribution in [3.05, 3.63) is 62.6 Å². The second-order valence-electron chi connectivity index (χ2n) is 7.45. The molecular weight excluding hydrogens is 488 g/mol. The molecule has 6 nitrogen and oxygen atoms in total. The lowest BCUT2D eigenvalue weighted by Crippen LogP contribution is -2.42. The zero-order valence-corrected chi connectivity index (χ0v) is 18.3. The van der Waals surface area contributed by atoms with E-state index in [4.69, 9.17) is 9.47 Å². The molecule has 0 unspecified atom stereocenters. The third-order valence-corrected chi connectivity index (χ3v) is 5.50.